The Morgan fingerprint density at radius 1 is 1.35 bits per heavy atom. The van der Waals surface area contributed by atoms with Gasteiger partial charge in [-0.25, -0.2) is 0 Å². The van der Waals surface area contributed by atoms with E-state index in [0.717, 1.165) is 0 Å². The minimum atomic E-state index is -0.459. The first-order valence-electron chi connectivity index (χ1n) is 6.26. The van der Waals surface area contributed by atoms with Crippen molar-refractivity contribution in [1.82, 2.24) is 10.2 Å². The Kier molecular flexibility index (Phi) is 4.60. The maximum absolute atomic E-state index is 12.1. The molecule has 6 heteroatoms. The quantitative estimate of drug-likeness (QED) is 0.567. The van der Waals surface area contributed by atoms with Crippen molar-refractivity contribution >= 4 is 17.5 Å². The molecule has 0 aliphatic rings. The van der Waals surface area contributed by atoms with Gasteiger partial charge in [0, 0.05) is 12.6 Å². The molecule has 0 saturated heterocycles. The third-order valence-corrected chi connectivity index (χ3v) is 2.54. The van der Waals surface area contributed by atoms with Crippen LogP contribution in [0.5, 0.6) is 5.75 Å². The van der Waals surface area contributed by atoms with Gasteiger partial charge in [-0.05, 0) is 32.9 Å². The fraction of sp³-hybridized carbons (Fsp3) is 0.429. The second-order valence-corrected chi connectivity index (χ2v) is 5.70. The number of hydrogen-bond donors (Lipinski definition) is 3. The summed E-state index contributed by atoms with van der Waals surface area (Å²) in [5.74, 6) is -0.990. The van der Waals surface area contributed by atoms with Gasteiger partial charge >= 0.3 is 0 Å². The molecule has 0 aliphatic carbocycles. The van der Waals surface area contributed by atoms with Gasteiger partial charge in [0.05, 0.1) is 17.8 Å². The molecule has 6 nitrogen and oxygen atoms in total. The molecule has 0 spiro atoms. The van der Waals surface area contributed by atoms with Crippen LogP contribution in [0.25, 0.3) is 0 Å². The monoisotopic (exact) mass is 279 g/mol. The fourth-order valence-electron chi connectivity index (χ4n) is 1.68. The van der Waals surface area contributed by atoms with Gasteiger partial charge in [-0.2, -0.15) is 0 Å². The van der Waals surface area contributed by atoms with E-state index >= 15 is 0 Å². The van der Waals surface area contributed by atoms with Crippen LogP contribution in [0.1, 0.15) is 31.1 Å². The number of para-hydroxylation sites is 1. The average Bonchev–Trinajstić information content (AvgIpc) is 2.29. The summed E-state index contributed by atoms with van der Waals surface area (Å²) in [7, 11) is 1.49. The molecule has 0 fully saturated rings. The van der Waals surface area contributed by atoms with Gasteiger partial charge in [0.15, 0.2) is 5.75 Å². The van der Waals surface area contributed by atoms with Crippen LogP contribution in [0, 0.1) is 0 Å². The second-order valence-electron chi connectivity index (χ2n) is 5.70. The first-order valence-corrected chi connectivity index (χ1v) is 6.26. The van der Waals surface area contributed by atoms with E-state index in [1.54, 1.807) is 6.07 Å². The van der Waals surface area contributed by atoms with E-state index in [-0.39, 0.29) is 35.0 Å². The van der Waals surface area contributed by atoms with Crippen molar-refractivity contribution in [2.75, 3.05) is 19.3 Å². The standard InChI is InChI=1S/C14H21N3O3/c1-14(2,3)16-11(18)8-17(4)13(20)9-6-5-7-10(15)12(9)19/h5-7,19H,8,15H2,1-4H3,(H,16,18). The number of anilines is 1. The Balaban J connectivity index is 2.77. The van der Waals surface area contributed by atoms with Gasteiger partial charge in [-0.15, -0.1) is 0 Å². The lowest BCUT2D eigenvalue weighted by molar-refractivity contribution is -0.122. The number of nitrogen functional groups attached to an aromatic ring is 1. The van der Waals surface area contributed by atoms with Crippen LogP contribution >= 0.6 is 0 Å². The number of phenols is 1. The number of likely N-dealkylation sites (N-methyl/N-ethyl adjacent to an activating group) is 1. The summed E-state index contributed by atoms with van der Waals surface area (Å²) < 4.78 is 0. The Bertz CT molecular complexity index is 521. The summed E-state index contributed by atoms with van der Waals surface area (Å²) in [4.78, 5) is 25.1. The van der Waals surface area contributed by atoms with Crippen LogP contribution in [0.15, 0.2) is 18.2 Å². The van der Waals surface area contributed by atoms with Crippen LogP contribution in [0.4, 0.5) is 5.69 Å². The van der Waals surface area contributed by atoms with Crippen LogP contribution in [-0.4, -0.2) is 41.0 Å². The topological polar surface area (TPSA) is 95.7 Å². The number of carbonyl (C=O) groups is 2. The average molecular weight is 279 g/mol. The molecule has 0 unspecified atom stereocenters. The minimum absolute atomic E-state index is 0.0797. The number of nitrogens with two attached hydrogens (primary N) is 1. The molecule has 0 saturated carbocycles. The van der Waals surface area contributed by atoms with E-state index in [4.69, 9.17) is 5.73 Å². The molecule has 1 aromatic rings. The number of phenolic OH excluding ortho intramolecular Hbond substituents is 1. The zero-order chi connectivity index (χ0) is 15.5. The van der Waals surface area contributed by atoms with E-state index in [9.17, 15) is 14.7 Å². The predicted octanol–water partition coefficient (Wildman–Crippen LogP) is 0.961. The Morgan fingerprint density at radius 3 is 2.50 bits per heavy atom. The number of amides is 2. The van der Waals surface area contributed by atoms with Crippen molar-refractivity contribution in [1.29, 1.82) is 0 Å². The Labute approximate surface area is 118 Å². The summed E-state index contributed by atoms with van der Waals surface area (Å²) in [6.45, 7) is 5.48. The number of benzene rings is 1. The van der Waals surface area contributed by atoms with Gasteiger partial charge < -0.3 is 21.1 Å². The van der Waals surface area contributed by atoms with Crippen LogP contribution < -0.4 is 11.1 Å². The Hall–Kier alpha value is -2.24. The van der Waals surface area contributed by atoms with Crippen molar-refractivity contribution in [3.63, 3.8) is 0 Å². The van der Waals surface area contributed by atoms with Gasteiger partial charge in [0.1, 0.15) is 0 Å². The van der Waals surface area contributed by atoms with E-state index in [1.807, 2.05) is 20.8 Å². The molecule has 1 rings (SSSR count). The van der Waals surface area contributed by atoms with Gasteiger partial charge in [-0.1, -0.05) is 6.07 Å². The van der Waals surface area contributed by atoms with Crippen molar-refractivity contribution < 1.29 is 14.7 Å². The molecule has 20 heavy (non-hydrogen) atoms. The first kappa shape index (κ1) is 15.8. The summed E-state index contributed by atoms with van der Waals surface area (Å²) >= 11 is 0. The number of carbonyl (C=O) groups excluding carboxylic acids is 2. The number of rotatable bonds is 3. The maximum atomic E-state index is 12.1. The number of hydrogen-bond acceptors (Lipinski definition) is 4. The molecule has 4 N–H and O–H groups in total. The van der Waals surface area contributed by atoms with Crippen LogP contribution in [-0.2, 0) is 4.79 Å². The molecule has 2 amide bonds. The lowest BCUT2D eigenvalue weighted by Crippen LogP contribution is -2.46. The third-order valence-electron chi connectivity index (χ3n) is 2.54. The SMILES string of the molecule is CN(CC(=O)NC(C)(C)C)C(=O)c1cccc(N)c1O. The van der Waals surface area contributed by atoms with Gasteiger partial charge in [0.2, 0.25) is 5.91 Å². The summed E-state index contributed by atoms with van der Waals surface area (Å²) in [6.07, 6.45) is 0. The molecular weight excluding hydrogens is 258 g/mol. The van der Waals surface area contributed by atoms with E-state index in [1.165, 1.54) is 24.1 Å². The van der Waals surface area contributed by atoms with Crippen LogP contribution in [0.3, 0.4) is 0 Å². The number of nitrogens with zero attached hydrogens (tertiary/aromatic N) is 1. The molecule has 0 radical (unpaired) electrons. The molecule has 0 aromatic heterocycles. The van der Waals surface area contributed by atoms with E-state index < -0.39 is 5.91 Å². The van der Waals surface area contributed by atoms with Crippen molar-refractivity contribution in [2.24, 2.45) is 0 Å². The van der Waals surface area contributed by atoms with Crippen molar-refractivity contribution in [3.05, 3.63) is 23.8 Å². The zero-order valence-corrected chi connectivity index (χ0v) is 12.2. The summed E-state index contributed by atoms with van der Waals surface area (Å²) in [5.41, 5.74) is 5.39. The molecule has 110 valence electrons. The lowest BCUT2D eigenvalue weighted by Gasteiger charge is -2.23. The number of aromatic hydroxyl groups is 1. The second kappa shape index (κ2) is 5.81. The lowest BCUT2D eigenvalue weighted by atomic mass is 10.1. The largest absolute Gasteiger partial charge is 0.505 e. The molecule has 0 aliphatic heterocycles. The summed E-state index contributed by atoms with van der Waals surface area (Å²) in [6, 6.07) is 4.54. The smallest absolute Gasteiger partial charge is 0.257 e. The molecular formula is C14H21N3O3. The summed E-state index contributed by atoms with van der Waals surface area (Å²) in [5, 5.41) is 12.5. The maximum Gasteiger partial charge on any atom is 0.257 e. The predicted molar refractivity (Wildman–Crippen MR) is 77.4 cm³/mol. The molecule has 0 atom stereocenters. The van der Waals surface area contributed by atoms with Crippen LogP contribution in [0.2, 0.25) is 0 Å². The Morgan fingerprint density at radius 2 is 1.95 bits per heavy atom. The van der Waals surface area contributed by atoms with E-state index in [2.05, 4.69) is 5.32 Å². The number of nitrogens with one attached hydrogen (secondary N) is 1. The fourth-order valence-corrected chi connectivity index (χ4v) is 1.68. The van der Waals surface area contributed by atoms with Crippen molar-refractivity contribution in [2.45, 2.75) is 26.3 Å². The highest BCUT2D eigenvalue weighted by atomic mass is 16.3. The highest BCUT2D eigenvalue weighted by Gasteiger charge is 2.21. The zero-order valence-electron chi connectivity index (χ0n) is 12.2. The van der Waals surface area contributed by atoms with Gasteiger partial charge in [-0.3, -0.25) is 9.59 Å². The molecule has 0 heterocycles. The van der Waals surface area contributed by atoms with E-state index in [0.29, 0.717) is 0 Å². The molecule has 1 aromatic carbocycles. The highest BCUT2D eigenvalue weighted by Crippen LogP contribution is 2.25. The highest BCUT2D eigenvalue weighted by molar-refractivity contribution is 5.99. The minimum Gasteiger partial charge on any atom is -0.505 e. The third kappa shape index (κ3) is 4.15. The first-order chi connectivity index (χ1) is 9.11. The van der Waals surface area contributed by atoms with Crippen molar-refractivity contribution in [3.8, 4) is 5.75 Å². The van der Waals surface area contributed by atoms with Gasteiger partial charge in [0.25, 0.3) is 5.91 Å². The molecule has 0 bridgehead atoms. The normalized spacial score (nSPS) is 11.0.